The molecule has 13 heavy (non-hydrogen) atoms. The van der Waals surface area contributed by atoms with Crippen molar-refractivity contribution in [2.75, 3.05) is 0 Å². The van der Waals surface area contributed by atoms with Crippen LogP contribution < -0.4 is 9.47 Å². The van der Waals surface area contributed by atoms with Crippen molar-refractivity contribution in [3.05, 3.63) is 6.07 Å². The SMILES string of the molecule is CC(C)Oc1cc(OC(C)C)[nH]n1. The molecule has 1 rings (SSSR count). The quantitative estimate of drug-likeness (QED) is 0.778. The lowest BCUT2D eigenvalue weighted by molar-refractivity contribution is 0.230. The van der Waals surface area contributed by atoms with E-state index in [4.69, 9.17) is 9.47 Å². The van der Waals surface area contributed by atoms with Crippen molar-refractivity contribution in [2.24, 2.45) is 0 Å². The van der Waals surface area contributed by atoms with Gasteiger partial charge in [0.25, 0.3) is 0 Å². The summed E-state index contributed by atoms with van der Waals surface area (Å²) in [5.74, 6) is 1.22. The summed E-state index contributed by atoms with van der Waals surface area (Å²) in [6.45, 7) is 7.84. The number of aromatic amines is 1. The number of ether oxygens (including phenoxy) is 2. The Morgan fingerprint density at radius 2 is 1.77 bits per heavy atom. The smallest absolute Gasteiger partial charge is 0.236 e. The van der Waals surface area contributed by atoms with Crippen LogP contribution in [0.5, 0.6) is 11.8 Å². The number of nitrogens with zero attached hydrogens (tertiary/aromatic N) is 1. The van der Waals surface area contributed by atoms with Gasteiger partial charge < -0.3 is 9.47 Å². The molecule has 0 saturated heterocycles. The zero-order chi connectivity index (χ0) is 9.84. The summed E-state index contributed by atoms with van der Waals surface area (Å²) in [7, 11) is 0. The molecule has 1 aromatic heterocycles. The Hall–Kier alpha value is -1.19. The van der Waals surface area contributed by atoms with E-state index in [9.17, 15) is 0 Å². The van der Waals surface area contributed by atoms with E-state index in [0.717, 1.165) is 0 Å². The minimum absolute atomic E-state index is 0.134. The molecule has 0 aliphatic rings. The predicted molar refractivity (Wildman–Crippen MR) is 50.1 cm³/mol. The van der Waals surface area contributed by atoms with Crippen molar-refractivity contribution >= 4 is 0 Å². The normalized spacial score (nSPS) is 10.9. The van der Waals surface area contributed by atoms with Gasteiger partial charge in [0.1, 0.15) is 0 Å². The number of aromatic nitrogens is 2. The van der Waals surface area contributed by atoms with Gasteiger partial charge in [0.15, 0.2) is 0 Å². The van der Waals surface area contributed by atoms with Crippen LogP contribution in [0.4, 0.5) is 0 Å². The highest BCUT2D eigenvalue weighted by atomic mass is 16.5. The van der Waals surface area contributed by atoms with Crippen LogP contribution in [0.2, 0.25) is 0 Å². The number of hydrogen-bond acceptors (Lipinski definition) is 3. The second-order valence-electron chi connectivity index (χ2n) is 3.40. The lowest BCUT2D eigenvalue weighted by Crippen LogP contribution is -2.06. The van der Waals surface area contributed by atoms with Gasteiger partial charge in [-0.05, 0) is 27.7 Å². The van der Waals surface area contributed by atoms with Crippen molar-refractivity contribution in [2.45, 2.75) is 39.9 Å². The second kappa shape index (κ2) is 4.16. The van der Waals surface area contributed by atoms with Gasteiger partial charge in [-0.25, -0.2) is 5.10 Å². The maximum Gasteiger partial charge on any atom is 0.236 e. The first-order valence-corrected chi connectivity index (χ1v) is 4.46. The maximum atomic E-state index is 5.38. The van der Waals surface area contributed by atoms with Crippen LogP contribution in [0.1, 0.15) is 27.7 Å². The lowest BCUT2D eigenvalue weighted by Gasteiger charge is -2.05. The molecule has 0 aromatic carbocycles. The van der Waals surface area contributed by atoms with Crippen molar-refractivity contribution in [1.82, 2.24) is 10.2 Å². The van der Waals surface area contributed by atoms with Crippen LogP contribution in [0.15, 0.2) is 6.07 Å². The molecule has 0 spiro atoms. The van der Waals surface area contributed by atoms with Crippen LogP contribution in [-0.2, 0) is 0 Å². The lowest BCUT2D eigenvalue weighted by atomic mass is 10.5. The number of nitrogens with one attached hydrogen (secondary N) is 1. The minimum atomic E-state index is 0.134. The second-order valence-corrected chi connectivity index (χ2v) is 3.40. The summed E-state index contributed by atoms with van der Waals surface area (Å²) in [4.78, 5) is 0. The van der Waals surface area contributed by atoms with Gasteiger partial charge in [0.2, 0.25) is 11.8 Å². The third kappa shape index (κ3) is 3.36. The van der Waals surface area contributed by atoms with Gasteiger partial charge in [-0.3, -0.25) is 0 Å². The molecule has 0 saturated carbocycles. The van der Waals surface area contributed by atoms with E-state index in [2.05, 4.69) is 10.2 Å². The highest BCUT2D eigenvalue weighted by molar-refractivity contribution is 5.19. The third-order valence-electron chi connectivity index (χ3n) is 1.25. The van der Waals surface area contributed by atoms with E-state index in [1.165, 1.54) is 0 Å². The summed E-state index contributed by atoms with van der Waals surface area (Å²) in [5.41, 5.74) is 0. The zero-order valence-corrected chi connectivity index (χ0v) is 8.50. The summed E-state index contributed by atoms with van der Waals surface area (Å²) in [6.07, 6.45) is 0.280. The molecule has 1 aromatic rings. The van der Waals surface area contributed by atoms with Crippen molar-refractivity contribution < 1.29 is 9.47 Å². The fraction of sp³-hybridized carbons (Fsp3) is 0.667. The molecule has 1 heterocycles. The third-order valence-corrected chi connectivity index (χ3v) is 1.25. The average molecular weight is 184 g/mol. The molecular formula is C9H16N2O2. The molecule has 0 aliphatic heterocycles. The largest absolute Gasteiger partial charge is 0.475 e. The van der Waals surface area contributed by atoms with E-state index >= 15 is 0 Å². The molecule has 4 nitrogen and oxygen atoms in total. The first-order chi connectivity index (χ1) is 6.08. The minimum Gasteiger partial charge on any atom is -0.475 e. The number of H-pyrrole nitrogens is 1. The van der Waals surface area contributed by atoms with Gasteiger partial charge in [0.05, 0.1) is 18.3 Å². The van der Waals surface area contributed by atoms with E-state index in [1.54, 1.807) is 6.07 Å². The van der Waals surface area contributed by atoms with E-state index in [0.29, 0.717) is 11.8 Å². The van der Waals surface area contributed by atoms with Gasteiger partial charge in [0, 0.05) is 0 Å². The Kier molecular flexibility index (Phi) is 3.17. The van der Waals surface area contributed by atoms with Crippen LogP contribution in [0.3, 0.4) is 0 Å². The highest BCUT2D eigenvalue weighted by Crippen LogP contribution is 2.16. The summed E-state index contributed by atoms with van der Waals surface area (Å²) >= 11 is 0. The summed E-state index contributed by atoms with van der Waals surface area (Å²) in [5, 5.41) is 6.68. The monoisotopic (exact) mass is 184 g/mol. The van der Waals surface area contributed by atoms with Gasteiger partial charge in [-0.2, -0.15) is 0 Å². The maximum absolute atomic E-state index is 5.38. The number of rotatable bonds is 4. The van der Waals surface area contributed by atoms with E-state index in [-0.39, 0.29) is 12.2 Å². The first-order valence-electron chi connectivity index (χ1n) is 4.46. The zero-order valence-electron chi connectivity index (χ0n) is 8.50. The molecule has 4 heteroatoms. The van der Waals surface area contributed by atoms with Crippen LogP contribution >= 0.6 is 0 Å². The fourth-order valence-electron chi connectivity index (χ4n) is 0.903. The summed E-state index contributed by atoms with van der Waals surface area (Å²) < 4.78 is 10.7. The van der Waals surface area contributed by atoms with E-state index < -0.39 is 0 Å². The van der Waals surface area contributed by atoms with Crippen molar-refractivity contribution in [3.8, 4) is 11.8 Å². The molecule has 0 unspecified atom stereocenters. The van der Waals surface area contributed by atoms with Crippen LogP contribution in [-0.4, -0.2) is 22.4 Å². The topological polar surface area (TPSA) is 47.1 Å². The Morgan fingerprint density at radius 3 is 2.31 bits per heavy atom. The van der Waals surface area contributed by atoms with Gasteiger partial charge in [-0.1, -0.05) is 0 Å². The molecule has 0 bridgehead atoms. The Bertz CT molecular complexity index is 231. The van der Waals surface area contributed by atoms with Crippen molar-refractivity contribution in [1.29, 1.82) is 0 Å². The fourth-order valence-corrected chi connectivity index (χ4v) is 0.903. The molecule has 1 N–H and O–H groups in total. The molecule has 74 valence electrons. The van der Waals surface area contributed by atoms with Crippen LogP contribution in [0, 0.1) is 0 Å². The summed E-state index contributed by atoms with van der Waals surface area (Å²) in [6, 6.07) is 1.75. The molecule has 0 radical (unpaired) electrons. The Labute approximate surface area is 78.2 Å². The molecular weight excluding hydrogens is 168 g/mol. The Morgan fingerprint density at radius 1 is 1.15 bits per heavy atom. The predicted octanol–water partition coefficient (Wildman–Crippen LogP) is 1.98. The van der Waals surface area contributed by atoms with Gasteiger partial charge in [-0.15, -0.1) is 5.10 Å². The first kappa shape index (κ1) is 9.89. The van der Waals surface area contributed by atoms with E-state index in [1.807, 2.05) is 27.7 Å². The Balaban J connectivity index is 2.53. The van der Waals surface area contributed by atoms with Gasteiger partial charge >= 0.3 is 0 Å². The molecule has 0 atom stereocenters. The standard InChI is InChI=1S/C9H16N2O2/c1-6(2)12-8-5-9(11-10-8)13-7(3)4/h5-7H,1-4H3,(H,10,11). The molecule has 0 amide bonds. The van der Waals surface area contributed by atoms with Crippen molar-refractivity contribution in [3.63, 3.8) is 0 Å². The van der Waals surface area contributed by atoms with Crippen LogP contribution in [0.25, 0.3) is 0 Å². The average Bonchev–Trinajstić information content (AvgIpc) is 2.33. The molecule has 0 aliphatic carbocycles. The highest BCUT2D eigenvalue weighted by Gasteiger charge is 2.05. The molecule has 0 fully saturated rings. The number of hydrogen-bond donors (Lipinski definition) is 1.